The van der Waals surface area contributed by atoms with E-state index in [0.717, 1.165) is 12.0 Å². The van der Waals surface area contributed by atoms with E-state index in [9.17, 15) is 9.59 Å². The van der Waals surface area contributed by atoms with Crippen LogP contribution in [0.15, 0.2) is 22.9 Å². The maximum absolute atomic E-state index is 12.5. The molecule has 22 heavy (non-hydrogen) atoms. The Hall–Kier alpha value is -1.66. The minimum atomic E-state index is -0.755. The van der Waals surface area contributed by atoms with Gasteiger partial charge in [-0.1, -0.05) is 0 Å². The first-order valence-electron chi connectivity index (χ1n) is 7.15. The number of ether oxygens (including phenoxy) is 1. The summed E-state index contributed by atoms with van der Waals surface area (Å²) in [5.41, 5.74) is 2.09. The summed E-state index contributed by atoms with van der Waals surface area (Å²) in [5, 5.41) is 3.91. The van der Waals surface area contributed by atoms with Gasteiger partial charge in [0.1, 0.15) is 4.88 Å². The standard InChI is InChI=1S/C16H17NO3S2/c1-10-4-7-22-14(10)16(19)20-11(2)15(18)17-6-3-13-12(9-17)5-8-21-13/h4-5,7-8,11H,3,6,9H2,1-2H3/t11-/m1/s1. The van der Waals surface area contributed by atoms with Crippen molar-refractivity contribution >= 4 is 34.6 Å². The van der Waals surface area contributed by atoms with E-state index in [1.54, 1.807) is 23.2 Å². The van der Waals surface area contributed by atoms with Gasteiger partial charge >= 0.3 is 5.97 Å². The van der Waals surface area contributed by atoms with Crippen LogP contribution in [0.4, 0.5) is 0 Å². The van der Waals surface area contributed by atoms with Crippen molar-refractivity contribution in [3.63, 3.8) is 0 Å². The molecule has 4 nitrogen and oxygen atoms in total. The van der Waals surface area contributed by atoms with Gasteiger partial charge in [0.15, 0.2) is 6.10 Å². The molecular weight excluding hydrogens is 318 g/mol. The summed E-state index contributed by atoms with van der Waals surface area (Å²) in [5.74, 6) is -0.541. The number of nitrogens with zero attached hydrogens (tertiary/aromatic N) is 1. The second kappa shape index (κ2) is 6.22. The predicted octanol–water partition coefficient (Wildman–Crippen LogP) is 3.25. The van der Waals surface area contributed by atoms with Crippen LogP contribution in [0.2, 0.25) is 0 Å². The van der Waals surface area contributed by atoms with Crippen molar-refractivity contribution in [2.24, 2.45) is 0 Å². The first-order valence-corrected chi connectivity index (χ1v) is 8.91. The molecule has 0 unspecified atom stereocenters. The lowest BCUT2D eigenvalue weighted by atomic mass is 10.1. The van der Waals surface area contributed by atoms with Gasteiger partial charge in [0.25, 0.3) is 5.91 Å². The lowest BCUT2D eigenvalue weighted by Gasteiger charge is -2.29. The molecule has 0 saturated carbocycles. The summed E-state index contributed by atoms with van der Waals surface area (Å²) >= 11 is 3.08. The van der Waals surface area contributed by atoms with Gasteiger partial charge in [0, 0.05) is 18.0 Å². The molecule has 3 rings (SSSR count). The molecule has 0 N–H and O–H groups in total. The van der Waals surface area contributed by atoms with E-state index in [0.29, 0.717) is 18.0 Å². The third-order valence-electron chi connectivity index (χ3n) is 3.80. The molecule has 3 heterocycles. The lowest BCUT2D eigenvalue weighted by Crippen LogP contribution is -2.42. The molecule has 2 aromatic heterocycles. The molecule has 116 valence electrons. The van der Waals surface area contributed by atoms with Crippen molar-refractivity contribution in [1.29, 1.82) is 0 Å². The maximum Gasteiger partial charge on any atom is 0.349 e. The van der Waals surface area contributed by atoms with E-state index in [-0.39, 0.29) is 5.91 Å². The molecule has 1 amide bonds. The van der Waals surface area contributed by atoms with E-state index >= 15 is 0 Å². The Labute approximate surface area is 137 Å². The zero-order valence-corrected chi connectivity index (χ0v) is 14.1. The molecule has 0 spiro atoms. The Bertz CT molecular complexity index is 704. The third-order valence-corrected chi connectivity index (χ3v) is 5.82. The van der Waals surface area contributed by atoms with Crippen LogP contribution < -0.4 is 0 Å². The monoisotopic (exact) mass is 335 g/mol. The van der Waals surface area contributed by atoms with E-state index in [2.05, 4.69) is 11.4 Å². The molecule has 0 fully saturated rings. The number of carbonyl (C=O) groups excluding carboxylic acids is 2. The average Bonchev–Trinajstić information content (AvgIpc) is 3.13. The van der Waals surface area contributed by atoms with Crippen molar-refractivity contribution in [3.05, 3.63) is 43.8 Å². The molecule has 2 aromatic rings. The highest BCUT2D eigenvalue weighted by Crippen LogP contribution is 2.25. The number of amides is 1. The van der Waals surface area contributed by atoms with Crippen molar-refractivity contribution in [1.82, 2.24) is 4.90 Å². The molecule has 0 aromatic carbocycles. The number of hydrogen-bond donors (Lipinski definition) is 0. The van der Waals surface area contributed by atoms with E-state index in [4.69, 9.17) is 4.74 Å². The van der Waals surface area contributed by atoms with Crippen LogP contribution in [0.1, 0.15) is 32.6 Å². The minimum absolute atomic E-state index is 0.126. The molecule has 0 radical (unpaired) electrons. The van der Waals surface area contributed by atoms with Gasteiger partial charge in [-0.3, -0.25) is 4.79 Å². The Morgan fingerprint density at radius 3 is 2.77 bits per heavy atom. The van der Waals surface area contributed by atoms with Gasteiger partial charge in [-0.05, 0) is 54.3 Å². The average molecular weight is 335 g/mol. The number of thiophene rings is 2. The fraction of sp³-hybridized carbons (Fsp3) is 0.375. The number of hydrogen-bond acceptors (Lipinski definition) is 5. The van der Waals surface area contributed by atoms with Gasteiger partial charge in [0.2, 0.25) is 0 Å². The number of fused-ring (bicyclic) bond motifs is 1. The van der Waals surface area contributed by atoms with Crippen LogP contribution in [0.5, 0.6) is 0 Å². The third kappa shape index (κ3) is 2.94. The van der Waals surface area contributed by atoms with Crippen molar-refractivity contribution in [2.45, 2.75) is 32.9 Å². The Morgan fingerprint density at radius 2 is 2.05 bits per heavy atom. The van der Waals surface area contributed by atoms with Crippen molar-refractivity contribution < 1.29 is 14.3 Å². The molecule has 1 aliphatic heterocycles. The molecule has 0 bridgehead atoms. The summed E-state index contributed by atoms with van der Waals surface area (Å²) in [6, 6.07) is 3.93. The molecule has 1 atom stereocenters. The molecule has 0 saturated heterocycles. The zero-order chi connectivity index (χ0) is 15.7. The Morgan fingerprint density at radius 1 is 1.27 bits per heavy atom. The summed E-state index contributed by atoms with van der Waals surface area (Å²) in [4.78, 5) is 28.3. The second-order valence-corrected chi connectivity index (χ2v) is 7.28. The van der Waals surface area contributed by atoms with Gasteiger partial charge in [-0.2, -0.15) is 0 Å². The number of rotatable bonds is 3. The Balaban J connectivity index is 1.63. The summed E-state index contributed by atoms with van der Waals surface area (Å²) < 4.78 is 5.34. The molecular formula is C16H17NO3S2. The van der Waals surface area contributed by atoms with Gasteiger partial charge < -0.3 is 9.64 Å². The molecule has 6 heteroatoms. The van der Waals surface area contributed by atoms with Crippen LogP contribution >= 0.6 is 22.7 Å². The summed E-state index contributed by atoms with van der Waals surface area (Å²) in [7, 11) is 0. The summed E-state index contributed by atoms with van der Waals surface area (Å²) in [6.45, 7) is 4.80. The summed E-state index contributed by atoms with van der Waals surface area (Å²) in [6.07, 6.45) is 0.123. The fourth-order valence-corrected chi connectivity index (χ4v) is 4.24. The minimum Gasteiger partial charge on any atom is -0.448 e. The van der Waals surface area contributed by atoms with Crippen molar-refractivity contribution in [2.75, 3.05) is 6.54 Å². The number of esters is 1. The highest BCUT2D eigenvalue weighted by molar-refractivity contribution is 7.12. The van der Waals surface area contributed by atoms with Crippen molar-refractivity contribution in [3.8, 4) is 0 Å². The van der Waals surface area contributed by atoms with Crippen LogP contribution in [0.25, 0.3) is 0 Å². The predicted molar refractivity (Wildman–Crippen MR) is 87.4 cm³/mol. The van der Waals surface area contributed by atoms with Crippen LogP contribution in [-0.4, -0.2) is 29.4 Å². The normalized spacial score (nSPS) is 15.3. The Kier molecular flexibility index (Phi) is 4.31. The zero-order valence-electron chi connectivity index (χ0n) is 12.5. The van der Waals surface area contributed by atoms with Gasteiger partial charge in [0.05, 0.1) is 0 Å². The lowest BCUT2D eigenvalue weighted by molar-refractivity contribution is -0.140. The molecule has 0 aliphatic carbocycles. The topological polar surface area (TPSA) is 46.6 Å². The van der Waals surface area contributed by atoms with E-state index in [1.165, 1.54) is 21.8 Å². The highest BCUT2D eigenvalue weighted by atomic mass is 32.1. The van der Waals surface area contributed by atoms with Gasteiger partial charge in [-0.25, -0.2) is 4.79 Å². The van der Waals surface area contributed by atoms with Gasteiger partial charge in [-0.15, -0.1) is 22.7 Å². The largest absolute Gasteiger partial charge is 0.448 e. The smallest absolute Gasteiger partial charge is 0.349 e. The maximum atomic E-state index is 12.5. The number of carbonyl (C=O) groups is 2. The van der Waals surface area contributed by atoms with Crippen LogP contribution in [-0.2, 0) is 22.5 Å². The quantitative estimate of drug-likeness (QED) is 0.809. The first kappa shape index (κ1) is 15.2. The highest BCUT2D eigenvalue weighted by Gasteiger charge is 2.28. The van der Waals surface area contributed by atoms with Crippen LogP contribution in [0, 0.1) is 6.92 Å². The van der Waals surface area contributed by atoms with E-state index in [1.807, 2.05) is 18.4 Å². The van der Waals surface area contributed by atoms with E-state index < -0.39 is 12.1 Å². The second-order valence-electron chi connectivity index (χ2n) is 5.36. The first-order chi connectivity index (χ1) is 10.6. The number of aryl methyl sites for hydroxylation is 1. The van der Waals surface area contributed by atoms with Crippen LogP contribution in [0.3, 0.4) is 0 Å². The molecule has 1 aliphatic rings. The fourth-order valence-electron chi connectivity index (χ4n) is 2.54. The SMILES string of the molecule is Cc1ccsc1C(=O)O[C@H](C)C(=O)N1CCc2sccc2C1.